The molecule has 0 aliphatic carbocycles. The average molecular weight is 332 g/mol. The summed E-state index contributed by atoms with van der Waals surface area (Å²) in [6.07, 6.45) is -0.0581. The number of rotatable bonds is 6. The lowest BCUT2D eigenvalue weighted by molar-refractivity contribution is -0.139. The summed E-state index contributed by atoms with van der Waals surface area (Å²) in [6.45, 7) is -0.327. The fourth-order valence-corrected chi connectivity index (χ4v) is 1.84. The van der Waals surface area contributed by atoms with Gasteiger partial charge in [0.15, 0.2) is 0 Å². The zero-order valence-electron chi connectivity index (χ0n) is 10.2. The number of aliphatic carboxylic acids is 1. The normalized spacial score (nSPS) is 11.7. The average Bonchev–Trinajstić information content (AvgIpc) is 2.37. The number of nitrogens with one attached hydrogen (secondary N) is 1. The van der Waals surface area contributed by atoms with Crippen molar-refractivity contribution in [3.8, 4) is 5.75 Å². The summed E-state index contributed by atoms with van der Waals surface area (Å²) in [4.78, 5) is 22.9. The maximum Gasteiger partial charge on any atom is 0.326 e. The van der Waals surface area contributed by atoms with Crippen LogP contribution in [0.1, 0.15) is 16.8 Å². The number of benzene rings is 1. The molecule has 0 unspecified atom stereocenters. The SMILES string of the molecule is COc1ccc(Br)cc1C(=O)N[C@H](CCO)C(=O)O. The predicted octanol–water partition coefficient (Wildman–Crippen LogP) is 1.02. The molecule has 104 valence electrons. The van der Waals surface area contributed by atoms with Crippen LogP contribution in [0.4, 0.5) is 0 Å². The first-order valence-corrected chi connectivity index (χ1v) is 6.27. The van der Waals surface area contributed by atoms with E-state index >= 15 is 0 Å². The molecule has 0 aromatic heterocycles. The number of ether oxygens (including phenoxy) is 1. The van der Waals surface area contributed by atoms with E-state index in [0.717, 1.165) is 0 Å². The monoisotopic (exact) mass is 331 g/mol. The van der Waals surface area contributed by atoms with E-state index < -0.39 is 17.9 Å². The number of carboxylic acid groups (broad SMARTS) is 1. The molecule has 1 aromatic carbocycles. The van der Waals surface area contributed by atoms with Gasteiger partial charge in [-0.05, 0) is 18.2 Å². The quantitative estimate of drug-likeness (QED) is 0.723. The molecule has 0 saturated carbocycles. The number of carbonyl (C=O) groups is 2. The topological polar surface area (TPSA) is 95.9 Å². The summed E-state index contributed by atoms with van der Waals surface area (Å²) in [5, 5.41) is 20.0. The van der Waals surface area contributed by atoms with Crippen molar-refractivity contribution in [1.82, 2.24) is 5.32 Å². The first-order valence-electron chi connectivity index (χ1n) is 5.47. The van der Waals surface area contributed by atoms with E-state index in [1.165, 1.54) is 13.2 Å². The molecule has 0 spiro atoms. The third-order valence-electron chi connectivity index (χ3n) is 2.43. The Hall–Kier alpha value is -1.60. The predicted molar refractivity (Wildman–Crippen MR) is 71.3 cm³/mol. The van der Waals surface area contributed by atoms with E-state index in [4.69, 9.17) is 14.9 Å². The van der Waals surface area contributed by atoms with Crippen molar-refractivity contribution in [2.45, 2.75) is 12.5 Å². The zero-order chi connectivity index (χ0) is 14.4. The van der Waals surface area contributed by atoms with E-state index in [-0.39, 0.29) is 18.6 Å². The highest BCUT2D eigenvalue weighted by molar-refractivity contribution is 9.10. The molecular formula is C12H14BrNO5. The number of aliphatic hydroxyl groups excluding tert-OH is 1. The molecule has 19 heavy (non-hydrogen) atoms. The van der Waals surface area contributed by atoms with Crippen LogP contribution in [0.2, 0.25) is 0 Å². The minimum atomic E-state index is -1.20. The second-order valence-corrected chi connectivity index (χ2v) is 4.64. The molecule has 6 nitrogen and oxygen atoms in total. The smallest absolute Gasteiger partial charge is 0.326 e. The third-order valence-corrected chi connectivity index (χ3v) is 2.92. The Morgan fingerprint density at radius 3 is 2.68 bits per heavy atom. The van der Waals surface area contributed by atoms with Crippen LogP contribution in [-0.2, 0) is 4.79 Å². The van der Waals surface area contributed by atoms with Crippen LogP contribution in [0.25, 0.3) is 0 Å². The minimum absolute atomic E-state index is 0.0581. The number of methoxy groups -OCH3 is 1. The van der Waals surface area contributed by atoms with Crippen LogP contribution in [-0.4, -0.2) is 41.8 Å². The van der Waals surface area contributed by atoms with Gasteiger partial charge in [-0.3, -0.25) is 4.79 Å². The Labute approximate surface area is 118 Å². The molecule has 0 fully saturated rings. The number of amides is 1. The second kappa shape index (κ2) is 7.10. The highest BCUT2D eigenvalue weighted by Gasteiger charge is 2.22. The van der Waals surface area contributed by atoms with Crippen molar-refractivity contribution in [2.75, 3.05) is 13.7 Å². The van der Waals surface area contributed by atoms with Crippen molar-refractivity contribution < 1.29 is 24.5 Å². The second-order valence-electron chi connectivity index (χ2n) is 3.72. The molecule has 1 rings (SSSR count). The van der Waals surface area contributed by atoms with Gasteiger partial charge in [0.1, 0.15) is 11.8 Å². The summed E-state index contributed by atoms with van der Waals surface area (Å²) in [6, 6.07) is 3.70. The molecule has 0 radical (unpaired) electrons. The van der Waals surface area contributed by atoms with Crippen LogP contribution in [0.15, 0.2) is 22.7 Å². The van der Waals surface area contributed by atoms with Gasteiger partial charge >= 0.3 is 5.97 Å². The zero-order valence-corrected chi connectivity index (χ0v) is 11.8. The number of carbonyl (C=O) groups excluding carboxylic acids is 1. The van der Waals surface area contributed by atoms with Gasteiger partial charge < -0.3 is 20.3 Å². The van der Waals surface area contributed by atoms with Gasteiger partial charge in [0, 0.05) is 17.5 Å². The lowest BCUT2D eigenvalue weighted by Crippen LogP contribution is -2.41. The van der Waals surface area contributed by atoms with Gasteiger partial charge in [-0.1, -0.05) is 15.9 Å². The van der Waals surface area contributed by atoms with E-state index in [2.05, 4.69) is 21.2 Å². The van der Waals surface area contributed by atoms with Gasteiger partial charge in [0.25, 0.3) is 5.91 Å². The highest BCUT2D eigenvalue weighted by Crippen LogP contribution is 2.23. The van der Waals surface area contributed by atoms with E-state index in [0.29, 0.717) is 10.2 Å². The largest absolute Gasteiger partial charge is 0.496 e. The third kappa shape index (κ3) is 4.22. The van der Waals surface area contributed by atoms with Crippen molar-refractivity contribution in [3.05, 3.63) is 28.2 Å². The molecule has 0 heterocycles. The first kappa shape index (κ1) is 15.5. The van der Waals surface area contributed by atoms with E-state index in [1.54, 1.807) is 12.1 Å². The van der Waals surface area contributed by atoms with Gasteiger partial charge in [0.2, 0.25) is 0 Å². The Morgan fingerprint density at radius 1 is 1.47 bits per heavy atom. The van der Waals surface area contributed by atoms with E-state index in [1.807, 2.05) is 0 Å². The van der Waals surface area contributed by atoms with Crippen molar-refractivity contribution in [3.63, 3.8) is 0 Å². The fraction of sp³-hybridized carbons (Fsp3) is 0.333. The van der Waals surface area contributed by atoms with Crippen LogP contribution >= 0.6 is 15.9 Å². The molecule has 0 aliphatic heterocycles. The number of hydrogen-bond acceptors (Lipinski definition) is 4. The van der Waals surface area contributed by atoms with Crippen molar-refractivity contribution in [2.24, 2.45) is 0 Å². The Balaban J connectivity index is 2.93. The molecular weight excluding hydrogens is 318 g/mol. The lowest BCUT2D eigenvalue weighted by Gasteiger charge is -2.15. The van der Waals surface area contributed by atoms with Crippen LogP contribution in [0.3, 0.4) is 0 Å². The van der Waals surface area contributed by atoms with E-state index in [9.17, 15) is 9.59 Å². The molecule has 0 saturated heterocycles. The summed E-state index contributed by atoms with van der Waals surface area (Å²) in [5.74, 6) is -1.43. The number of aliphatic hydroxyl groups is 1. The molecule has 7 heteroatoms. The Morgan fingerprint density at radius 2 is 2.16 bits per heavy atom. The highest BCUT2D eigenvalue weighted by atomic mass is 79.9. The van der Waals surface area contributed by atoms with Gasteiger partial charge in [-0.2, -0.15) is 0 Å². The number of carboxylic acids is 1. The molecule has 0 bridgehead atoms. The summed E-state index contributed by atoms with van der Waals surface area (Å²) in [5.41, 5.74) is 0.223. The molecule has 1 aromatic rings. The maximum absolute atomic E-state index is 12.0. The van der Waals surface area contributed by atoms with Crippen LogP contribution in [0.5, 0.6) is 5.75 Å². The van der Waals surface area contributed by atoms with Crippen LogP contribution in [0, 0.1) is 0 Å². The molecule has 1 atom stereocenters. The summed E-state index contributed by atoms with van der Waals surface area (Å²) in [7, 11) is 1.42. The maximum atomic E-state index is 12.0. The summed E-state index contributed by atoms with van der Waals surface area (Å²) >= 11 is 3.23. The molecule has 3 N–H and O–H groups in total. The van der Waals surface area contributed by atoms with Gasteiger partial charge in [-0.15, -0.1) is 0 Å². The Bertz CT molecular complexity index is 477. The Kier molecular flexibility index (Phi) is 5.78. The van der Waals surface area contributed by atoms with Gasteiger partial charge in [-0.25, -0.2) is 4.79 Å². The fourth-order valence-electron chi connectivity index (χ4n) is 1.48. The number of hydrogen-bond donors (Lipinski definition) is 3. The first-order chi connectivity index (χ1) is 8.99. The van der Waals surface area contributed by atoms with Crippen molar-refractivity contribution >= 4 is 27.8 Å². The standard InChI is InChI=1S/C12H14BrNO5/c1-19-10-3-2-7(13)6-8(10)11(16)14-9(4-5-15)12(17)18/h2-3,6,9,15H,4-5H2,1H3,(H,14,16)(H,17,18)/t9-/m1/s1. The van der Waals surface area contributed by atoms with Crippen molar-refractivity contribution in [1.29, 1.82) is 0 Å². The molecule has 1 amide bonds. The molecule has 0 aliphatic rings. The number of halogens is 1. The van der Waals surface area contributed by atoms with Crippen LogP contribution < -0.4 is 10.1 Å². The summed E-state index contributed by atoms with van der Waals surface area (Å²) < 4.78 is 5.72. The lowest BCUT2D eigenvalue weighted by atomic mass is 10.1. The van der Waals surface area contributed by atoms with Gasteiger partial charge in [0.05, 0.1) is 12.7 Å². The minimum Gasteiger partial charge on any atom is -0.496 e.